The lowest BCUT2D eigenvalue weighted by atomic mass is 9.78. The molecule has 1 atom stereocenters. The molecular formula is C19H22ClNO. The van der Waals surface area contributed by atoms with E-state index in [0.29, 0.717) is 0 Å². The summed E-state index contributed by atoms with van der Waals surface area (Å²) in [5, 5.41) is 14.4. The van der Waals surface area contributed by atoms with Gasteiger partial charge >= 0.3 is 0 Å². The molecule has 0 saturated heterocycles. The third-order valence-corrected chi connectivity index (χ3v) is 4.37. The molecule has 0 amide bonds. The van der Waals surface area contributed by atoms with Gasteiger partial charge in [-0.3, -0.25) is 0 Å². The predicted molar refractivity (Wildman–Crippen MR) is 96.5 cm³/mol. The molecule has 0 bridgehead atoms. The van der Waals surface area contributed by atoms with Crippen LogP contribution in [0.15, 0.2) is 54.6 Å². The Labute approximate surface area is 137 Å². The van der Waals surface area contributed by atoms with Gasteiger partial charge < -0.3 is 10.8 Å². The third-order valence-electron chi connectivity index (χ3n) is 4.37. The Kier molecular flexibility index (Phi) is 4.76. The molecule has 3 aromatic rings. The number of fused-ring (bicyclic) bond motifs is 2. The van der Waals surface area contributed by atoms with E-state index >= 15 is 0 Å². The summed E-state index contributed by atoms with van der Waals surface area (Å²) >= 11 is 0. The second-order valence-corrected chi connectivity index (χ2v) is 6.36. The number of hydrogen-bond donors (Lipinski definition) is 2. The van der Waals surface area contributed by atoms with E-state index in [4.69, 9.17) is 5.73 Å². The van der Waals surface area contributed by atoms with Gasteiger partial charge in [-0.25, -0.2) is 0 Å². The van der Waals surface area contributed by atoms with E-state index in [1.54, 1.807) is 0 Å². The highest BCUT2D eigenvalue weighted by Gasteiger charge is 2.29. The molecule has 0 aliphatic rings. The van der Waals surface area contributed by atoms with Gasteiger partial charge in [-0.05, 0) is 33.2 Å². The average molecular weight is 316 g/mol. The molecule has 3 rings (SSSR count). The summed E-state index contributed by atoms with van der Waals surface area (Å²) in [5.41, 5.74) is 7.31. The molecule has 0 fully saturated rings. The fourth-order valence-electron chi connectivity index (χ4n) is 2.87. The van der Waals surface area contributed by atoms with Gasteiger partial charge in [0, 0.05) is 18.1 Å². The molecule has 116 valence electrons. The van der Waals surface area contributed by atoms with Gasteiger partial charge in [0.2, 0.25) is 0 Å². The van der Waals surface area contributed by atoms with Crippen molar-refractivity contribution in [3.05, 3.63) is 60.2 Å². The number of aliphatic hydroxyl groups is 1. The highest BCUT2D eigenvalue weighted by Crippen LogP contribution is 2.39. The molecule has 0 aliphatic heterocycles. The Morgan fingerprint density at radius 1 is 0.955 bits per heavy atom. The number of halogens is 1. The molecule has 0 spiro atoms. The van der Waals surface area contributed by atoms with E-state index in [2.05, 4.69) is 30.3 Å². The first-order valence-electron chi connectivity index (χ1n) is 7.31. The van der Waals surface area contributed by atoms with Gasteiger partial charge in [0.1, 0.15) is 0 Å². The smallest absolute Gasteiger partial charge is 0.0500 e. The molecule has 0 heterocycles. The molecular weight excluding hydrogens is 294 g/mol. The van der Waals surface area contributed by atoms with Crippen LogP contribution < -0.4 is 5.73 Å². The van der Waals surface area contributed by atoms with Crippen molar-refractivity contribution in [2.24, 2.45) is 11.1 Å². The first kappa shape index (κ1) is 16.8. The van der Waals surface area contributed by atoms with Crippen LogP contribution in [-0.4, -0.2) is 11.7 Å². The summed E-state index contributed by atoms with van der Waals surface area (Å²) < 4.78 is 0. The van der Waals surface area contributed by atoms with Crippen molar-refractivity contribution in [1.82, 2.24) is 0 Å². The van der Waals surface area contributed by atoms with Crippen molar-refractivity contribution in [2.45, 2.75) is 19.9 Å². The van der Waals surface area contributed by atoms with Gasteiger partial charge in [-0.15, -0.1) is 12.4 Å². The number of benzene rings is 3. The largest absolute Gasteiger partial charge is 0.396 e. The molecule has 0 aromatic heterocycles. The maximum absolute atomic E-state index is 9.69. The van der Waals surface area contributed by atoms with Crippen LogP contribution in [0, 0.1) is 5.41 Å². The molecule has 3 N–H and O–H groups in total. The van der Waals surface area contributed by atoms with Crippen molar-refractivity contribution >= 4 is 34.0 Å². The molecule has 3 heteroatoms. The highest BCUT2D eigenvalue weighted by molar-refractivity contribution is 6.02. The Morgan fingerprint density at radius 3 is 1.86 bits per heavy atom. The highest BCUT2D eigenvalue weighted by atomic mass is 35.5. The Hall–Kier alpha value is -1.61. The molecule has 2 nitrogen and oxygen atoms in total. The average Bonchev–Trinajstić information content (AvgIpc) is 2.51. The van der Waals surface area contributed by atoms with Gasteiger partial charge in [-0.1, -0.05) is 62.4 Å². The van der Waals surface area contributed by atoms with Crippen molar-refractivity contribution in [3.63, 3.8) is 0 Å². The van der Waals surface area contributed by atoms with Crippen molar-refractivity contribution in [3.8, 4) is 0 Å². The maximum atomic E-state index is 9.69. The van der Waals surface area contributed by atoms with Gasteiger partial charge in [0.15, 0.2) is 0 Å². The second kappa shape index (κ2) is 6.25. The summed E-state index contributed by atoms with van der Waals surface area (Å²) in [6, 6.07) is 18.6. The topological polar surface area (TPSA) is 46.2 Å². The number of nitrogens with two attached hydrogens (primary N) is 1. The van der Waals surface area contributed by atoms with E-state index < -0.39 is 0 Å². The molecule has 22 heavy (non-hydrogen) atoms. The fourth-order valence-corrected chi connectivity index (χ4v) is 2.87. The van der Waals surface area contributed by atoms with Crippen LogP contribution in [-0.2, 0) is 0 Å². The minimum Gasteiger partial charge on any atom is -0.396 e. The van der Waals surface area contributed by atoms with Crippen LogP contribution in [0.4, 0.5) is 0 Å². The van der Waals surface area contributed by atoms with Gasteiger partial charge in [0.05, 0.1) is 0 Å². The molecule has 0 radical (unpaired) electrons. The van der Waals surface area contributed by atoms with Crippen LogP contribution in [0.1, 0.15) is 25.5 Å². The predicted octanol–water partition coefficient (Wildman–Crippen LogP) is 4.43. The molecule has 3 aromatic carbocycles. The maximum Gasteiger partial charge on any atom is 0.0500 e. The number of aliphatic hydroxyl groups excluding tert-OH is 1. The summed E-state index contributed by atoms with van der Waals surface area (Å²) in [6.45, 7) is 4.08. The van der Waals surface area contributed by atoms with Gasteiger partial charge in [-0.2, -0.15) is 0 Å². The van der Waals surface area contributed by atoms with Gasteiger partial charge in [0.25, 0.3) is 0 Å². The number of rotatable bonds is 3. The zero-order chi connectivity index (χ0) is 15.0. The van der Waals surface area contributed by atoms with E-state index in [0.717, 1.165) is 5.56 Å². The quantitative estimate of drug-likeness (QED) is 0.702. The first-order chi connectivity index (χ1) is 10.0. The zero-order valence-electron chi connectivity index (χ0n) is 12.9. The van der Waals surface area contributed by atoms with Crippen LogP contribution >= 0.6 is 12.4 Å². The van der Waals surface area contributed by atoms with E-state index in [-0.39, 0.29) is 30.5 Å². The first-order valence-corrected chi connectivity index (χ1v) is 7.31. The second-order valence-electron chi connectivity index (χ2n) is 6.36. The minimum absolute atomic E-state index is 0. The van der Waals surface area contributed by atoms with Crippen LogP contribution in [0.2, 0.25) is 0 Å². The summed E-state index contributed by atoms with van der Waals surface area (Å²) in [6.07, 6.45) is 0. The SMILES string of the molecule is CC(C)(CO)[C@@H](N)c1c2ccccc2cc2ccccc12.Cl. The summed E-state index contributed by atoms with van der Waals surface area (Å²) in [5.74, 6) is 0. The minimum atomic E-state index is -0.368. The Morgan fingerprint density at radius 2 is 1.41 bits per heavy atom. The molecule has 0 saturated carbocycles. The number of hydrogen-bond acceptors (Lipinski definition) is 2. The van der Waals surface area contributed by atoms with E-state index in [1.165, 1.54) is 21.5 Å². The normalized spacial score (nSPS) is 13.1. The van der Waals surface area contributed by atoms with Crippen LogP contribution in [0.25, 0.3) is 21.5 Å². The van der Waals surface area contributed by atoms with Crippen molar-refractivity contribution < 1.29 is 5.11 Å². The lowest BCUT2D eigenvalue weighted by molar-refractivity contribution is 0.133. The Bertz CT molecular complexity index is 744. The monoisotopic (exact) mass is 315 g/mol. The standard InChI is InChI=1S/C19H21NO.ClH/c1-19(2,12-21)18(20)17-15-9-5-3-7-13(15)11-14-8-4-6-10-16(14)17;/h3-11,18,21H,12,20H2,1-2H3;1H/t18-;/m0./s1. The Balaban J connectivity index is 0.00000176. The molecule has 0 aliphatic carbocycles. The summed E-state index contributed by atoms with van der Waals surface area (Å²) in [4.78, 5) is 0. The lowest BCUT2D eigenvalue weighted by Gasteiger charge is -2.31. The van der Waals surface area contributed by atoms with Crippen molar-refractivity contribution in [2.75, 3.05) is 6.61 Å². The van der Waals surface area contributed by atoms with E-state index in [9.17, 15) is 5.11 Å². The zero-order valence-corrected chi connectivity index (χ0v) is 13.7. The van der Waals surface area contributed by atoms with E-state index in [1.807, 2.05) is 38.1 Å². The summed E-state index contributed by atoms with van der Waals surface area (Å²) in [7, 11) is 0. The van der Waals surface area contributed by atoms with Crippen LogP contribution in [0.3, 0.4) is 0 Å². The lowest BCUT2D eigenvalue weighted by Crippen LogP contribution is -2.32. The van der Waals surface area contributed by atoms with Crippen molar-refractivity contribution in [1.29, 1.82) is 0 Å². The third kappa shape index (κ3) is 2.70. The fraction of sp³-hybridized carbons (Fsp3) is 0.263. The molecule has 0 unspecified atom stereocenters. The van der Waals surface area contributed by atoms with Crippen LogP contribution in [0.5, 0.6) is 0 Å².